The molecule has 1 aliphatic heterocycles. The van der Waals surface area contributed by atoms with E-state index < -0.39 is 5.97 Å². The summed E-state index contributed by atoms with van der Waals surface area (Å²) < 4.78 is 5.12. The molecule has 1 saturated heterocycles. The van der Waals surface area contributed by atoms with Crippen LogP contribution in [0.1, 0.15) is 25.6 Å². The van der Waals surface area contributed by atoms with Gasteiger partial charge in [0.25, 0.3) is 11.8 Å². The van der Waals surface area contributed by atoms with Crippen LogP contribution < -0.4 is 0 Å². The number of piperazine rings is 1. The Labute approximate surface area is 156 Å². The zero-order valence-corrected chi connectivity index (χ0v) is 15.3. The zero-order chi connectivity index (χ0) is 18.5. The highest BCUT2D eigenvalue weighted by molar-refractivity contribution is 7.12. The largest absolute Gasteiger partial charge is 0.452 e. The molecule has 7 heteroatoms. The molecule has 0 saturated carbocycles. The van der Waals surface area contributed by atoms with Gasteiger partial charge in [-0.05, 0) is 30.5 Å². The molecular formula is C19H20N2O4S. The van der Waals surface area contributed by atoms with Gasteiger partial charge in [-0.2, -0.15) is 0 Å². The average Bonchev–Trinajstić information content (AvgIpc) is 3.20. The second kappa shape index (κ2) is 8.14. The molecule has 26 heavy (non-hydrogen) atoms. The third-order valence-corrected chi connectivity index (χ3v) is 5.09. The van der Waals surface area contributed by atoms with Gasteiger partial charge in [-0.3, -0.25) is 9.59 Å². The number of ether oxygens (including phenoxy) is 1. The van der Waals surface area contributed by atoms with E-state index >= 15 is 0 Å². The molecule has 2 aromatic rings. The first kappa shape index (κ1) is 18.1. The maximum atomic E-state index is 12.3. The molecule has 0 aliphatic carbocycles. The van der Waals surface area contributed by atoms with E-state index in [9.17, 15) is 14.4 Å². The lowest BCUT2D eigenvalue weighted by molar-refractivity contribution is -0.136. The Balaban J connectivity index is 1.46. The van der Waals surface area contributed by atoms with Crippen LogP contribution in [0.5, 0.6) is 0 Å². The Morgan fingerprint density at radius 3 is 2.42 bits per heavy atom. The Morgan fingerprint density at radius 1 is 1.04 bits per heavy atom. The molecule has 0 spiro atoms. The maximum Gasteiger partial charge on any atom is 0.338 e. The number of thiophene rings is 1. The van der Waals surface area contributed by atoms with Crippen molar-refractivity contribution in [1.82, 2.24) is 9.80 Å². The summed E-state index contributed by atoms with van der Waals surface area (Å²) in [4.78, 5) is 40.6. The summed E-state index contributed by atoms with van der Waals surface area (Å²) in [6.07, 6.45) is 0. The third kappa shape index (κ3) is 4.29. The number of aryl methyl sites for hydroxylation is 1. The van der Waals surface area contributed by atoms with Crippen LogP contribution in [-0.4, -0.2) is 60.4 Å². The van der Waals surface area contributed by atoms with Gasteiger partial charge in [-0.25, -0.2) is 4.79 Å². The van der Waals surface area contributed by atoms with Crippen molar-refractivity contribution < 1.29 is 19.1 Å². The number of esters is 1. The zero-order valence-electron chi connectivity index (χ0n) is 14.5. The molecule has 0 unspecified atom stereocenters. The predicted octanol–water partition coefficient (Wildman–Crippen LogP) is 2.20. The van der Waals surface area contributed by atoms with Crippen LogP contribution in [0, 0.1) is 6.92 Å². The Bertz CT molecular complexity index is 796. The summed E-state index contributed by atoms with van der Waals surface area (Å²) in [5.41, 5.74) is 1.39. The van der Waals surface area contributed by atoms with Crippen molar-refractivity contribution in [3.63, 3.8) is 0 Å². The van der Waals surface area contributed by atoms with Gasteiger partial charge >= 0.3 is 5.97 Å². The molecule has 0 atom stereocenters. The monoisotopic (exact) mass is 372 g/mol. The molecule has 1 aromatic heterocycles. The molecule has 0 N–H and O–H groups in total. The molecular weight excluding hydrogens is 352 g/mol. The minimum Gasteiger partial charge on any atom is -0.452 e. The van der Waals surface area contributed by atoms with Crippen molar-refractivity contribution in [2.24, 2.45) is 0 Å². The number of carbonyl (C=O) groups excluding carboxylic acids is 3. The maximum absolute atomic E-state index is 12.3. The van der Waals surface area contributed by atoms with Crippen molar-refractivity contribution in [3.05, 3.63) is 57.8 Å². The second-order valence-corrected chi connectivity index (χ2v) is 7.04. The topological polar surface area (TPSA) is 66.9 Å². The van der Waals surface area contributed by atoms with Gasteiger partial charge in [0.05, 0.1) is 10.4 Å². The van der Waals surface area contributed by atoms with Crippen LogP contribution in [0.15, 0.2) is 41.8 Å². The van der Waals surface area contributed by atoms with E-state index in [-0.39, 0.29) is 18.4 Å². The molecule has 2 amide bonds. The molecule has 3 rings (SSSR count). The number of nitrogens with zero attached hydrogens (tertiary/aromatic N) is 2. The van der Waals surface area contributed by atoms with Crippen LogP contribution in [-0.2, 0) is 9.53 Å². The van der Waals surface area contributed by atoms with Crippen LogP contribution in [0.4, 0.5) is 0 Å². The molecule has 136 valence electrons. The fourth-order valence-corrected chi connectivity index (χ4v) is 3.48. The number of amides is 2. The predicted molar refractivity (Wildman–Crippen MR) is 98.3 cm³/mol. The Kier molecular flexibility index (Phi) is 5.68. The SMILES string of the molecule is Cc1cccc(C(=O)OCC(=O)N2CCN(C(=O)c3cccs3)CC2)c1. The summed E-state index contributed by atoms with van der Waals surface area (Å²) in [6, 6.07) is 10.7. The van der Waals surface area contributed by atoms with Crippen molar-refractivity contribution in [2.45, 2.75) is 6.92 Å². The molecule has 6 nitrogen and oxygen atoms in total. The Hall–Kier alpha value is -2.67. The van der Waals surface area contributed by atoms with Crippen molar-refractivity contribution >= 4 is 29.1 Å². The number of benzene rings is 1. The van der Waals surface area contributed by atoms with Crippen molar-refractivity contribution in [2.75, 3.05) is 32.8 Å². The van der Waals surface area contributed by atoms with Crippen LogP contribution in [0.3, 0.4) is 0 Å². The van der Waals surface area contributed by atoms with Crippen LogP contribution >= 0.6 is 11.3 Å². The summed E-state index contributed by atoms with van der Waals surface area (Å²) in [5, 5.41) is 1.87. The minimum absolute atomic E-state index is 0.00188. The first-order valence-corrected chi connectivity index (χ1v) is 9.27. The van der Waals surface area contributed by atoms with E-state index in [2.05, 4.69) is 0 Å². The first-order valence-electron chi connectivity index (χ1n) is 8.39. The van der Waals surface area contributed by atoms with E-state index in [1.165, 1.54) is 11.3 Å². The Morgan fingerprint density at radius 2 is 1.77 bits per heavy atom. The van der Waals surface area contributed by atoms with Gasteiger partial charge in [-0.15, -0.1) is 11.3 Å². The molecule has 1 fully saturated rings. The quantitative estimate of drug-likeness (QED) is 0.772. The fraction of sp³-hybridized carbons (Fsp3) is 0.316. The van der Waals surface area contributed by atoms with Gasteiger partial charge in [0, 0.05) is 26.2 Å². The molecule has 1 aromatic carbocycles. The number of carbonyl (C=O) groups is 3. The second-order valence-electron chi connectivity index (χ2n) is 6.10. The molecule has 0 bridgehead atoms. The van der Waals surface area contributed by atoms with Gasteiger partial charge in [0.2, 0.25) is 0 Å². The smallest absolute Gasteiger partial charge is 0.338 e. The van der Waals surface area contributed by atoms with E-state index in [0.717, 1.165) is 5.56 Å². The highest BCUT2D eigenvalue weighted by atomic mass is 32.1. The van der Waals surface area contributed by atoms with Gasteiger partial charge in [-0.1, -0.05) is 23.8 Å². The number of hydrogen-bond donors (Lipinski definition) is 0. The summed E-state index contributed by atoms with van der Waals surface area (Å²) >= 11 is 1.41. The molecule has 0 radical (unpaired) electrons. The van der Waals surface area contributed by atoms with Crippen molar-refractivity contribution in [1.29, 1.82) is 0 Å². The third-order valence-electron chi connectivity index (χ3n) is 4.23. The lowest BCUT2D eigenvalue weighted by Crippen LogP contribution is -2.51. The molecule has 1 aliphatic rings. The lowest BCUT2D eigenvalue weighted by Gasteiger charge is -2.34. The number of rotatable bonds is 4. The summed E-state index contributed by atoms with van der Waals surface area (Å²) in [6.45, 7) is 3.45. The minimum atomic E-state index is -0.506. The lowest BCUT2D eigenvalue weighted by atomic mass is 10.1. The van der Waals surface area contributed by atoms with E-state index in [1.807, 2.05) is 24.4 Å². The van der Waals surface area contributed by atoms with Crippen molar-refractivity contribution in [3.8, 4) is 0 Å². The van der Waals surface area contributed by atoms with E-state index in [0.29, 0.717) is 36.6 Å². The van der Waals surface area contributed by atoms with Gasteiger partial charge in [0.15, 0.2) is 6.61 Å². The summed E-state index contributed by atoms with van der Waals surface area (Å²) in [7, 11) is 0. The van der Waals surface area contributed by atoms with Crippen LogP contribution in [0.25, 0.3) is 0 Å². The van der Waals surface area contributed by atoms with E-state index in [1.54, 1.807) is 34.1 Å². The number of hydrogen-bond acceptors (Lipinski definition) is 5. The highest BCUT2D eigenvalue weighted by Crippen LogP contribution is 2.14. The first-order chi connectivity index (χ1) is 12.5. The highest BCUT2D eigenvalue weighted by Gasteiger charge is 2.25. The average molecular weight is 372 g/mol. The van der Waals surface area contributed by atoms with Gasteiger partial charge in [0.1, 0.15) is 0 Å². The van der Waals surface area contributed by atoms with Crippen LogP contribution in [0.2, 0.25) is 0 Å². The molecule has 2 heterocycles. The summed E-state index contributed by atoms with van der Waals surface area (Å²) in [5.74, 6) is -0.749. The standard InChI is InChI=1S/C19H20N2O4S/c1-14-4-2-5-15(12-14)19(24)25-13-17(22)20-7-9-21(10-8-20)18(23)16-6-3-11-26-16/h2-6,11-12H,7-10,13H2,1H3. The van der Waals surface area contributed by atoms with E-state index in [4.69, 9.17) is 4.74 Å². The normalized spacial score (nSPS) is 14.2. The van der Waals surface area contributed by atoms with Gasteiger partial charge < -0.3 is 14.5 Å². The fourth-order valence-electron chi connectivity index (χ4n) is 2.79.